The van der Waals surface area contributed by atoms with E-state index in [2.05, 4.69) is 0 Å². The van der Waals surface area contributed by atoms with E-state index in [1.165, 1.54) is 5.56 Å². The lowest BCUT2D eigenvalue weighted by Crippen LogP contribution is -1.98. The van der Waals surface area contributed by atoms with Gasteiger partial charge in [0.05, 0.1) is 0 Å². The highest BCUT2D eigenvalue weighted by atomic mass is 16.5. The molecule has 1 N–H and O–H groups in total. The third-order valence-corrected chi connectivity index (χ3v) is 3.58. The van der Waals surface area contributed by atoms with Crippen molar-refractivity contribution in [1.82, 2.24) is 0 Å². The van der Waals surface area contributed by atoms with Crippen LogP contribution >= 0.6 is 0 Å². The lowest BCUT2D eigenvalue weighted by Gasteiger charge is -2.06. The molecule has 0 unspecified atom stereocenters. The predicted octanol–water partition coefficient (Wildman–Crippen LogP) is 4.33. The molecule has 0 fully saturated rings. The van der Waals surface area contributed by atoms with Crippen molar-refractivity contribution in [2.24, 2.45) is 0 Å². The minimum Gasteiger partial charge on any atom is -0.489 e. The van der Waals surface area contributed by atoms with E-state index in [4.69, 9.17) is 9.15 Å². The molecule has 0 bridgehead atoms. The molecule has 0 radical (unpaired) electrons. The zero-order chi connectivity index (χ0) is 15.7. The van der Waals surface area contributed by atoms with Gasteiger partial charge >= 0.3 is 5.97 Å². The molecule has 0 saturated carbocycles. The molecule has 4 heteroatoms. The van der Waals surface area contributed by atoms with Crippen LogP contribution in [0.15, 0.2) is 46.9 Å². The molecule has 0 atom stereocenters. The second-order valence-corrected chi connectivity index (χ2v) is 5.27. The quantitative estimate of drug-likeness (QED) is 0.778. The first-order chi connectivity index (χ1) is 10.5. The zero-order valence-electron chi connectivity index (χ0n) is 12.4. The van der Waals surface area contributed by atoms with Gasteiger partial charge in [0.25, 0.3) is 0 Å². The van der Waals surface area contributed by atoms with Crippen LogP contribution in [-0.2, 0) is 6.61 Å². The van der Waals surface area contributed by atoms with Crippen LogP contribution in [-0.4, -0.2) is 11.1 Å². The van der Waals surface area contributed by atoms with Crippen LogP contribution in [0.5, 0.6) is 5.75 Å². The van der Waals surface area contributed by atoms with Crippen molar-refractivity contribution in [3.63, 3.8) is 0 Å². The van der Waals surface area contributed by atoms with Gasteiger partial charge in [-0.25, -0.2) is 4.79 Å². The number of furan rings is 1. The van der Waals surface area contributed by atoms with Crippen molar-refractivity contribution in [2.45, 2.75) is 20.5 Å². The number of benzene rings is 2. The fourth-order valence-corrected chi connectivity index (χ4v) is 2.41. The van der Waals surface area contributed by atoms with Gasteiger partial charge in [-0.05, 0) is 37.6 Å². The molecule has 22 heavy (non-hydrogen) atoms. The highest BCUT2D eigenvalue weighted by Crippen LogP contribution is 2.29. The molecule has 2 aromatic carbocycles. The topological polar surface area (TPSA) is 59.7 Å². The average Bonchev–Trinajstić information content (AvgIpc) is 2.82. The number of hydrogen-bond donors (Lipinski definition) is 1. The molecule has 0 spiro atoms. The number of ether oxygens (including phenoxy) is 1. The minimum absolute atomic E-state index is 0.191. The summed E-state index contributed by atoms with van der Waals surface area (Å²) in [7, 11) is 0. The highest BCUT2D eigenvalue weighted by molar-refractivity contribution is 6.03. The normalized spacial score (nSPS) is 10.8. The van der Waals surface area contributed by atoms with Crippen LogP contribution in [0.25, 0.3) is 11.0 Å². The van der Waals surface area contributed by atoms with Crippen LogP contribution in [0.1, 0.15) is 27.2 Å². The van der Waals surface area contributed by atoms with E-state index < -0.39 is 5.97 Å². The number of aromatic carboxylic acids is 1. The Bertz CT molecular complexity index is 828. The number of rotatable bonds is 4. The maximum atomic E-state index is 11.3. The van der Waals surface area contributed by atoms with Crippen LogP contribution < -0.4 is 4.74 Å². The van der Waals surface area contributed by atoms with Gasteiger partial charge in [0.2, 0.25) is 0 Å². The number of aryl methyl sites for hydroxylation is 2. The average molecular weight is 296 g/mol. The number of fused-ring (bicyclic) bond motifs is 1. The summed E-state index contributed by atoms with van der Waals surface area (Å²) in [6.45, 7) is 4.12. The highest BCUT2D eigenvalue weighted by Gasteiger charge is 2.17. The van der Waals surface area contributed by atoms with Crippen molar-refractivity contribution >= 4 is 16.9 Å². The van der Waals surface area contributed by atoms with Gasteiger partial charge in [-0.3, -0.25) is 0 Å². The van der Waals surface area contributed by atoms with E-state index in [1.807, 2.05) is 31.2 Å². The lowest BCUT2D eigenvalue weighted by molar-refractivity contribution is 0.0697. The fraction of sp³-hybridized carbons (Fsp3) is 0.167. The summed E-state index contributed by atoms with van der Waals surface area (Å²) in [5.74, 6) is 0.0292. The Balaban J connectivity index is 1.86. The van der Waals surface area contributed by atoms with Crippen molar-refractivity contribution in [2.75, 3.05) is 0 Å². The largest absolute Gasteiger partial charge is 0.489 e. The fourth-order valence-electron chi connectivity index (χ4n) is 2.41. The first kappa shape index (κ1) is 14.2. The summed E-state index contributed by atoms with van der Waals surface area (Å²) in [4.78, 5) is 11.3. The number of carboxylic acids is 1. The molecule has 0 amide bonds. The minimum atomic E-state index is -0.994. The summed E-state index contributed by atoms with van der Waals surface area (Å²) in [5.41, 5.74) is 3.01. The van der Waals surface area contributed by atoms with E-state index in [0.717, 1.165) is 5.56 Å². The smallest absolute Gasteiger partial charge is 0.339 e. The van der Waals surface area contributed by atoms with Gasteiger partial charge in [0.15, 0.2) is 0 Å². The molecule has 4 nitrogen and oxygen atoms in total. The van der Waals surface area contributed by atoms with Crippen molar-refractivity contribution in [1.29, 1.82) is 0 Å². The van der Waals surface area contributed by atoms with E-state index in [-0.39, 0.29) is 5.56 Å². The summed E-state index contributed by atoms with van der Waals surface area (Å²) < 4.78 is 11.2. The molecule has 112 valence electrons. The molecule has 1 aromatic heterocycles. The van der Waals surface area contributed by atoms with Crippen LogP contribution in [0.3, 0.4) is 0 Å². The molecule has 3 aromatic rings. The predicted molar refractivity (Wildman–Crippen MR) is 83.4 cm³/mol. The number of carboxylic acid groups (broad SMARTS) is 1. The molecule has 0 saturated heterocycles. The number of hydrogen-bond acceptors (Lipinski definition) is 3. The van der Waals surface area contributed by atoms with Crippen molar-refractivity contribution < 1.29 is 19.1 Å². The Morgan fingerprint density at radius 2 is 1.86 bits per heavy atom. The first-order valence-corrected chi connectivity index (χ1v) is 6.99. The Hall–Kier alpha value is -2.75. The Labute approximate surface area is 127 Å². The molecule has 3 rings (SSSR count). The van der Waals surface area contributed by atoms with Gasteiger partial charge in [0, 0.05) is 5.39 Å². The standard InChI is InChI=1S/C18H16O4/c1-11-3-5-13(6-4-11)10-21-14-7-8-16-15(9-14)17(18(19)20)12(2)22-16/h3-9H,10H2,1-2H3,(H,19,20). The zero-order valence-corrected chi connectivity index (χ0v) is 12.4. The summed E-state index contributed by atoms with van der Waals surface area (Å²) in [5, 5.41) is 9.84. The molecule has 0 aliphatic rings. The Morgan fingerprint density at radius 1 is 1.14 bits per heavy atom. The first-order valence-electron chi connectivity index (χ1n) is 6.99. The lowest BCUT2D eigenvalue weighted by atomic mass is 10.1. The van der Waals surface area contributed by atoms with Gasteiger partial charge < -0.3 is 14.3 Å². The van der Waals surface area contributed by atoms with Crippen molar-refractivity contribution in [3.8, 4) is 5.75 Å². The van der Waals surface area contributed by atoms with E-state index in [1.54, 1.807) is 25.1 Å². The van der Waals surface area contributed by atoms with Crippen LogP contribution in [0.2, 0.25) is 0 Å². The Morgan fingerprint density at radius 3 is 2.55 bits per heavy atom. The molecule has 0 aliphatic carbocycles. The monoisotopic (exact) mass is 296 g/mol. The van der Waals surface area contributed by atoms with Gasteiger partial charge in [-0.15, -0.1) is 0 Å². The number of carbonyl (C=O) groups is 1. The Kier molecular flexibility index (Phi) is 3.59. The second kappa shape index (κ2) is 5.56. The second-order valence-electron chi connectivity index (χ2n) is 5.27. The molecule has 1 heterocycles. The summed E-state index contributed by atoms with van der Waals surface area (Å²) >= 11 is 0. The molecular formula is C18H16O4. The molecule has 0 aliphatic heterocycles. The van der Waals surface area contributed by atoms with Gasteiger partial charge in [0.1, 0.15) is 29.3 Å². The van der Waals surface area contributed by atoms with Gasteiger partial charge in [-0.2, -0.15) is 0 Å². The van der Waals surface area contributed by atoms with Crippen LogP contribution in [0, 0.1) is 13.8 Å². The molecular weight excluding hydrogens is 280 g/mol. The maximum Gasteiger partial charge on any atom is 0.339 e. The maximum absolute atomic E-state index is 11.3. The van der Waals surface area contributed by atoms with E-state index >= 15 is 0 Å². The summed E-state index contributed by atoms with van der Waals surface area (Å²) in [6, 6.07) is 13.3. The third-order valence-electron chi connectivity index (χ3n) is 3.58. The van der Waals surface area contributed by atoms with Crippen LogP contribution in [0.4, 0.5) is 0 Å². The van der Waals surface area contributed by atoms with E-state index in [0.29, 0.717) is 29.1 Å². The summed E-state index contributed by atoms with van der Waals surface area (Å²) in [6.07, 6.45) is 0. The van der Waals surface area contributed by atoms with Crippen molar-refractivity contribution in [3.05, 3.63) is 64.9 Å². The van der Waals surface area contributed by atoms with E-state index in [9.17, 15) is 9.90 Å². The SMILES string of the molecule is Cc1ccc(COc2ccc3oc(C)c(C(=O)O)c3c2)cc1. The van der Waals surface area contributed by atoms with Gasteiger partial charge in [-0.1, -0.05) is 29.8 Å². The third kappa shape index (κ3) is 2.68.